The Labute approximate surface area is 156 Å². The zero-order valence-corrected chi connectivity index (χ0v) is 15.9. The molecule has 0 aliphatic heterocycles. The number of carbonyl (C=O) groups excluding carboxylic acids is 1. The van der Waals surface area contributed by atoms with Crippen LogP contribution < -0.4 is 10.2 Å². The van der Waals surface area contributed by atoms with Gasteiger partial charge in [0.2, 0.25) is 0 Å². The van der Waals surface area contributed by atoms with Gasteiger partial charge in [0.1, 0.15) is 5.75 Å². The molecule has 2 aromatic carbocycles. The number of unbranched alkanes of at least 4 members (excludes halogenated alkanes) is 2. The summed E-state index contributed by atoms with van der Waals surface area (Å²) in [7, 11) is 0. The zero-order valence-electron chi connectivity index (χ0n) is 15.9. The lowest BCUT2D eigenvalue weighted by Crippen LogP contribution is -2.26. The number of rotatable bonds is 9. The summed E-state index contributed by atoms with van der Waals surface area (Å²) in [6, 6.07) is 15.8. The Morgan fingerprint density at radius 2 is 1.81 bits per heavy atom. The van der Waals surface area contributed by atoms with Gasteiger partial charge in [-0.15, -0.1) is 0 Å². The van der Waals surface area contributed by atoms with Crippen LogP contribution in [0.1, 0.15) is 49.3 Å². The van der Waals surface area contributed by atoms with Crippen LogP contribution in [0.25, 0.3) is 0 Å². The van der Waals surface area contributed by atoms with Crippen molar-refractivity contribution in [3.05, 3.63) is 65.2 Å². The molecule has 0 fully saturated rings. The summed E-state index contributed by atoms with van der Waals surface area (Å²) >= 11 is 0. The molecule has 2 aromatic rings. The van der Waals surface area contributed by atoms with Crippen LogP contribution in [0, 0.1) is 13.8 Å². The molecule has 4 nitrogen and oxygen atoms in total. The molecule has 0 aromatic heterocycles. The number of hydrogen-bond donors (Lipinski definition) is 1. The first-order valence-electron chi connectivity index (χ1n) is 9.21. The topological polar surface area (TPSA) is 50.7 Å². The Kier molecular flexibility index (Phi) is 7.87. The molecule has 4 heteroatoms. The largest absolute Gasteiger partial charge is 0.483 e. The number of nitrogens with zero attached hydrogens (tertiary/aromatic N) is 1. The number of nitrogens with one attached hydrogen (secondary N) is 1. The molecule has 0 aliphatic carbocycles. The van der Waals surface area contributed by atoms with Crippen molar-refractivity contribution in [3.63, 3.8) is 0 Å². The molecule has 0 saturated carbocycles. The molecule has 0 radical (unpaired) electrons. The van der Waals surface area contributed by atoms with Crippen LogP contribution in [0.15, 0.2) is 53.6 Å². The van der Waals surface area contributed by atoms with Crippen molar-refractivity contribution in [2.45, 2.75) is 46.5 Å². The summed E-state index contributed by atoms with van der Waals surface area (Å²) < 4.78 is 5.63. The number of benzene rings is 2. The first-order chi connectivity index (χ1) is 12.6. The summed E-state index contributed by atoms with van der Waals surface area (Å²) in [4.78, 5) is 12.1. The quantitative estimate of drug-likeness (QED) is 0.401. The fourth-order valence-corrected chi connectivity index (χ4v) is 2.62. The van der Waals surface area contributed by atoms with Crippen molar-refractivity contribution in [1.29, 1.82) is 0 Å². The number of carbonyl (C=O) groups is 1. The minimum Gasteiger partial charge on any atom is -0.483 e. The molecule has 0 spiro atoms. The van der Waals surface area contributed by atoms with Gasteiger partial charge in [-0.05, 0) is 49.4 Å². The minimum absolute atomic E-state index is 0.0508. The predicted molar refractivity (Wildman–Crippen MR) is 107 cm³/mol. The minimum atomic E-state index is -0.255. The molecular weight excluding hydrogens is 324 g/mol. The monoisotopic (exact) mass is 352 g/mol. The highest BCUT2D eigenvalue weighted by Gasteiger charge is 2.08. The second-order valence-electron chi connectivity index (χ2n) is 6.40. The summed E-state index contributed by atoms with van der Waals surface area (Å²) in [6.07, 6.45) is 4.20. The first-order valence-corrected chi connectivity index (χ1v) is 9.21. The molecule has 0 heterocycles. The van der Waals surface area contributed by atoms with Gasteiger partial charge in [0.05, 0.1) is 5.71 Å². The van der Waals surface area contributed by atoms with Gasteiger partial charge in [0, 0.05) is 0 Å². The van der Waals surface area contributed by atoms with Crippen LogP contribution in [0.5, 0.6) is 5.75 Å². The van der Waals surface area contributed by atoms with Crippen LogP contribution >= 0.6 is 0 Å². The van der Waals surface area contributed by atoms with Crippen molar-refractivity contribution in [1.82, 2.24) is 5.43 Å². The molecule has 0 bridgehead atoms. The second-order valence-corrected chi connectivity index (χ2v) is 6.40. The number of hydrazone groups is 1. The van der Waals surface area contributed by atoms with Crippen molar-refractivity contribution < 1.29 is 9.53 Å². The van der Waals surface area contributed by atoms with Crippen LogP contribution in [0.2, 0.25) is 0 Å². The molecule has 138 valence electrons. The van der Waals surface area contributed by atoms with Gasteiger partial charge in [0.25, 0.3) is 5.91 Å². The van der Waals surface area contributed by atoms with Gasteiger partial charge >= 0.3 is 0 Å². The van der Waals surface area contributed by atoms with E-state index in [1.807, 2.05) is 62.4 Å². The molecular formula is C22H28N2O2. The number of hydrogen-bond acceptors (Lipinski definition) is 3. The molecule has 1 N–H and O–H groups in total. The van der Waals surface area contributed by atoms with E-state index < -0.39 is 0 Å². The standard InChI is InChI=1S/C22H28N2O2/c1-4-5-7-14-20(19-12-8-6-9-13-19)23-24-22(25)16-26-21-15-10-11-17(2)18(21)3/h6,8-13,15H,4-5,7,14,16H2,1-3H3,(H,24,25)/b23-20-. The summed E-state index contributed by atoms with van der Waals surface area (Å²) in [6.45, 7) is 6.13. The fourth-order valence-electron chi connectivity index (χ4n) is 2.62. The normalized spacial score (nSPS) is 11.3. The SMILES string of the molecule is CCCCC/C(=N/NC(=O)COc1cccc(C)c1C)c1ccccc1. The van der Waals surface area contributed by atoms with Gasteiger partial charge in [-0.1, -0.05) is 62.2 Å². The molecule has 1 amide bonds. The summed E-state index contributed by atoms with van der Waals surface area (Å²) in [5, 5.41) is 4.36. The highest BCUT2D eigenvalue weighted by molar-refractivity contribution is 6.01. The average molecular weight is 352 g/mol. The Morgan fingerprint density at radius 3 is 2.54 bits per heavy atom. The van der Waals surface area contributed by atoms with Crippen LogP contribution in [-0.4, -0.2) is 18.2 Å². The smallest absolute Gasteiger partial charge is 0.277 e. The Hall–Kier alpha value is -2.62. The van der Waals surface area contributed by atoms with Crippen LogP contribution in [0.4, 0.5) is 0 Å². The van der Waals surface area contributed by atoms with Crippen molar-refractivity contribution >= 4 is 11.6 Å². The second kappa shape index (κ2) is 10.4. The van der Waals surface area contributed by atoms with E-state index in [1.54, 1.807) is 0 Å². The van der Waals surface area contributed by atoms with Crippen LogP contribution in [-0.2, 0) is 4.79 Å². The maximum absolute atomic E-state index is 12.1. The lowest BCUT2D eigenvalue weighted by Gasteiger charge is -2.11. The maximum Gasteiger partial charge on any atom is 0.277 e. The highest BCUT2D eigenvalue weighted by atomic mass is 16.5. The highest BCUT2D eigenvalue weighted by Crippen LogP contribution is 2.20. The molecule has 2 rings (SSSR count). The van der Waals surface area contributed by atoms with Gasteiger partial charge in [-0.3, -0.25) is 4.79 Å². The average Bonchev–Trinajstić information content (AvgIpc) is 2.66. The third-order valence-electron chi connectivity index (χ3n) is 4.35. The van der Waals surface area contributed by atoms with Gasteiger partial charge in [0.15, 0.2) is 6.61 Å². The third kappa shape index (κ3) is 6.03. The van der Waals surface area contributed by atoms with E-state index in [0.717, 1.165) is 53.8 Å². The van der Waals surface area contributed by atoms with E-state index in [4.69, 9.17) is 4.74 Å². The predicted octanol–water partition coefficient (Wildman–Crippen LogP) is 4.78. The molecule has 0 aliphatic rings. The van der Waals surface area contributed by atoms with Crippen molar-refractivity contribution in [2.24, 2.45) is 5.10 Å². The summed E-state index contributed by atoms with van der Waals surface area (Å²) in [5.41, 5.74) is 6.77. The first kappa shape index (κ1) is 19.7. The lowest BCUT2D eigenvalue weighted by atomic mass is 10.0. The number of ether oxygens (including phenoxy) is 1. The molecule has 0 atom stereocenters. The zero-order chi connectivity index (χ0) is 18.8. The Morgan fingerprint density at radius 1 is 1.04 bits per heavy atom. The van der Waals surface area contributed by atoms with Gasteiger partial charge < -0.3 is 4.74 Å². The van der Waals surface area contributed by atoms with E-state index in [1.165, 1.54) is 0 Å². The van der Waals surface area contributed by atoms with Crippen molar-refractivity contribution in [2.75, 3.05) is 6.61 Å². The van der Waals surface area contributed by atoms with Crippen LogP contribution in [0.3, 0.4) is 0 Å². The number of aryl methyl sites for hydroxylation is 1. The van der Waals surface area contributed by atoms with E-state index in [9.17, 15) is 4.79 Å². The Balaban J connectivity index is 1.96. The van der Waals surface area contributed by atoms with Gasteiger partial charge in [-0.25, -0.2) is 5.43 Å². The maximum atomic E-state index is 12.1. The van der Waals surface area contributed by atoms with Crippen molar-refractivity contribution in [3.8, 4) is 5.75 Å². The van der Waals surface area contributed by atoms with E-state index in [2.05, 4.69) is 17.5 Å². The number of amides is 1. The third-order valence-corrected chi connectivity index (χ3v) is 4.35. The Bertz CT molecular complexity index is 739. The molecule has 26 heavy (non-hydrogen) atoms. The van der Waals surface area contributed by atoms with E-state index in [-0.39, 0.29) is 12.5 Å². The van der Waals surface area contributed by atoms with Gasteiger partial charge in [-0.2, -0.15) is 5.10 Å². The lowest BCUT2D eigenvalue weighted by molar-refractivity contribution is -0.123. The van der Waals surface area contributed by atoms with E-state index >= 15 is 0 Å². The fraction of sp³-hybridized carbons (Fsp3) is 0.364. The molecule has 0 saturated heterocycles. The summed E-state index contributed by atoms with van der Waals surface area (Å²) in [5.74, 6) is 0.477. The van der Waals surface area contributed by atoms with E-state index in [0.29, 0.717) is 0 Å². The molecule has 0 unspecified atom stereocenters.